The van der Waals surface area contributed by atoms with Gasteiger partial charge in [0.05, 0.1) is 0 Å². The molecule has 0 unspecified atom stereocenters. The molecule has 2 aliphatic rings. The Morgan fingerprint density at radius 3 is 2.29 bits per heavy atom. The van der Waals surface area contributed by atoms with E-state index in [1.165, 1.54) is 67.8 Å². The third kappa shape index (κ3) is 2.66. The Morgan fingerprint density at radius 2 is 1.52 bits per heavy atom. The molecular weight excluding hydrogens is 254 g/mol. The van der Waals surface area contributed by atoms with E-state index in [-0.39, 0.29) is 0 Å². The number of nitrogens with one attached hydrogen (secondary N) is 1. The zero-order chi connectivity index (χ0) is 14.1. The number of fused-ring (bicyclic) bond motifs is 1. The molecule has 2 fully saturated rings. The molecule has 4 rings (SSSR count). The monoisotopic (exact) mass is 279 g/mol. The molecule has 2 aromatic carbocycles. The number of hydrogen-bond acceptors (Lipinski definition) is 1. The van der Waals surface area contributed by atoms with Crippen LogP contribution in [0.25, 0.3) is 10.8 Å². The fourth-order valence-corrected chi connectivity index (χ4v) is 4.51. The SMILES string of the molecule is c1ccc2cc(NC3CCC4(CCCC4)CC3)ccc2c1. The van der Waals surface area contributed by atoms with Crippen LogP contribution in [-0.4, -0.2) is 6.04 Å². The van der Waals surface area contributed by atoms with Crippen molar-refractivity contribution >= 4 is 16.5 Å². The zero-order valence-electron chi connectivity index (χ0n) is 12.8. The normalized spacial score (nSPS) is 21.9. The number of benzene rings is 2. The lowest BCUT2D eigenvalue weighted by atomic mass is 9.71. The second-order valence-electron chi connectivity index (χ2n) is 7.19. The van der Waals surface area contributed by atoms with E-state index < -0.39 is 0 Å². The van der Waals surface area contributed by atoms with Crippen molar-refractivity contribution in [1.29, 1.82) is 0 Å². The highest BCUT2D eigenvalue weighted by Gasteiger charge is 2.37. The lowest BCUT2D eigenvalue weighted by Crippen LogP contribution is -2.31. The van der Waals surface area contributed by atoms with E-state index in [9.17, 15) is 0 Å². The number of hydrogen-bond donors (Lipinski definition) is 1. The van der Waals surface area contributed by atoms with Crippen molar-refractivity contribution in [2.45, 2.75) is 57.4 Å². The lowest BCUT2D eigenvalue weighted by molar-refractivity contribution is 0.188. The van der Waals surface area contributed by atoms with Crippen LogP contribution in [0.3, 0.4) is 0 Å². The molecule has 0 aliphatic heterocycles. The summed E-state index contributed by atoms with van der Waals surface area (Å²) >= 11 is 0. The molecule has 1 N–H and O–H groups in total. The standard InChI is InChI=1S/C20H25N/c1-2-6-17-15-19(8-7-16(17)5-1)21-18-9-13-20(14-10-18)11-3-4-12-20/h1-2,5-8,15,18,21H,3-4,9-14H2. The van der Waals surface area contributed by atoms with Gasteiger partial charge in [0.1, 0.15) is 0 Å². The van der Waals surface area contributed by atoms with Crippen molar-refractivity contribution in [3.05, 3.63) is 42.5 Å². The Hall–Kier alpha value is -1.50. The van der Waals surface area contributed by atoms with E-state index in [0.717, 1.165) is 5.41 Å². The van der Waals surface area contributed by atoms with Gasteiger partial charge < -0.3 is 5.32 Å². The van der Waals surface area contributed by atoms with Gasteiger partial charge in [-0.2, -0.15) is 0 Å². The van der Waals surface area contributed by atoms with Crippen molar-refractivity contribution in [3.63, 3.8) is 0 Å². The predicted molar refractivity (Wildman–Crippen MR) is 90.7 cm³/mol. The highest BCUT2D eigenvalue weighted by Crippen LogP contribution is 2.49. The molecule has 0 saturated heterocycles. The quantitative estimate of drug-likeness (QED) is 0.737. The van der Waals surface area contributed by atoms with Crippen molar-refractivity contribution in [1.82, 2.24) is 0 Å². The summed E-state index contributed by atoms with van der Waals surface area (Å²) in [5.74, 6) is 0. The van der Waals surface area contributed by atoms with Gasteiger partial charge in [0.25, 0.3) is 0 Å². The van der Waals surface area contributed by atoms with Gasteiger partial charge in [0, 0.05) is 11.7 Å². The average molecular weight is 279 g/mol. The van der Waals surface area contributed by atoms with E-state index >= 15 is 0 Å². The molecule has 0 bridgehead atoms. The highest BCUT2D eigenvalue weighted by molar-refractivity contribution is 5.85. The van der Waals surface area contributed by atoms with E-state index in [2.05, 4.69) is 47.8 Å². The van der Waals surface area contributed by atoms with Gasteiger partial charge in [0.2, 0.25) is 0 Å². The molecule has 110 valence electrons. The maximum Gasteiger partial charge on any atom is 0.0348 e. The van der Waals surface area contributed by atoms with Crippen LogP contribution in [0.15, 0.2) is 42.5 Å². The molecule has 0 heterocycles. The zero-order valence-corrected chi connectivity index (χ0v) is 12.8. The molecule has 2 aliphatic carbocycles. The summed E-state index contributed by atoms with van der Waals surface area (Å²) in [5.41, 5.74) is 2.03. The second-order valence-corrected chi connectivity index (χ2v) is 7.19. The Balaban J connectivity index is 1.43. The minimum atomic E-state index is 0.678. The minimum Gasteiger partial charge on any atom is -0.382 e. The maximum absolute atomic E-state index is 3.78. The smallest absolute Gasteiger partial charge is 0.0348 e. The van der Waals surface area contributed by atoms with Crippen LogP contribution in [0.2, 0.25) is 0 Å². The minimum absolute atomic E-state index is 0.678. The molecule has 0 aromatic heterocycles. The summed E-state index contributed by atoms with van der Waals surface area (Å²) < 4.78 is 0. The molecule has 1 nitrogen and oxygen atoms in total. The fourth-order valence-electron chi connectivity index (χ4n) is 4.51. The summed E-state index contributed by atoms with van der Waals surface area (Å²) in [6.45, 7) is 0. The molecule has 0 atom stereocenters. The summed E-state index contributed by atoms with van der Waals surface area (Å²) in [6, 6.07) is 16.1. The van der Waals surface area contributed by atoms with Crippen LogP contribution >= 0.6 is 0 Å². The van der Waals surface area contributed by atoms with Crippen LogP contribution in [0.5, 0.6) is 0 Å². The Kier molecular flexibility index (Phi) is 3.37. The van der Waals surface area contributed by atoms with E-state index in [1.54, 1.807) is 0 Å². The predicted octanol–water partition coefficient (Wildman–Crippen LogP) is 5.75. The molecule has 2 saturated carbocycles. The molecule has 1 heteroatoms. The van der Waals surface area contributed by atoms with Gasteiger partial charge in [-0.1, -0.05) is 43.2 Å². The Labute approximate surface area is 127 Å². The van der Waals surface area contributed by atoms with Crippen LogP contribution in [0, 0.1) is 5.41 Å². The van der Waals surface area contributed by atoms with E-state index in [4.69, 9.17) is 0 Å². The lowest BCUT2D eigenvalue weighted by Gasteiger charge is -2.37. The van der Waals surface area contributed by atoms with Crippen LogP contribution in [-0.2, 0) is 0 Å². The average Bonchev–Trinajstić information content (AvgIpc) is 2.98. The van der Waals surface area contributed by atoms with Gasteiger partial charge in [0.15, 0.2) is 0 Å². The van der Waals surface area contributed by atoms with Gasteiger partial charge in [-0.15, -0.1) is 0 Å². The first-order valence-electron chi connectivity index (χ1n) is 8.58. The third-order valence-electron chi connectivity index (χ3n) is 5.83. The Bertz CT molecular complexity index is 615. The van der Waals surface area contributed by atoms with Crippen molar-refractivity contribution in [3.8, 4) is 0 Å². The summed E-state index contributed by atoms with van der Waals surface area (Å²) in [7, 11) is 0. The largest absolute Gasteiger partial charge is 0.382 e. The molecule has 2 aromatic rings. The van der Waals surface area contributed by atoms with Gasteiger partial charge in [-0.3, -0.25) is 0 Å². The topological polar surface area (TPSA) is 12.0 Å². The maximum atomic E-state index is 3.78. The van der Waals surface area contributed by atoms with Crippen LogP contribution < -0.4 is 5.32 Å². The van der Waals surface area contributed by atoms with E-state index in [1.807, 2.05) is 0 Å². The van der Waals surface area contributed by atoms with Crippen molar-refractivity contribution in [2.75, 3.05) is 5.32 Å². The molecular formula is C20H25N. The first kappa shape index (κ1) is 13.2. The number of anilines is 1. The summed E-state index contributed by atoms with van der Waals surface area (Å²) in [6.07, 6.45) is 11.5. The second kappa shape index (κ2) is 5.36. The first-order chi connectivity index (χ1) is 10.3. The fraction of sp³-hybridized carbons (Fsp3) is 0.500. The first-order valence-corrected chi connectivity index (χ1v) is 8.58. The molecule has 1 spiro atoms. The molecule has 21 heavy (non-hydrogen) atoms. The Morgan fingerprint density at radius 1 is 0.810 bits per heavy atom. The highest BCUT2D eigenvalue weighted by atomic mass is 14.9. The summed E-state index contributed by atoms with van der Waals surface area (Å²) in [5, 5.41) is 6.45. The third-order valence-corrected chi connectivity index (χ3v) is 5.83. The van der Waals surface area contributed by atoms with Crippen LogP contribution in [0.4, 0.5) is 5.69 Å². The van der Waals surface area contributed by atoms with Gasteiger partial charge >= 0.3 is 0 Å². The van der Waals surface area contributed by atoms with Crippen LogP contribution in [0.1, 0.15) is 51.4 Å². The van der Waals surface area contributed by atoms with Crippen molar-refractivity contribution in [2.24, 2.45) is 5.41 Å². The molecule has 0 radical (unpaired) electrons. The molecule has 0 amide bonds. The van der Waals surface area contributed by atoms with Crippen molar-refractivity contribution < 1.29 is 0 Å². The van der Waals surface area contributed by atoms with Gasteiger partial charge in [-0.25, -0.2) is 0 Å². The van der Waals surface area contributed by atoms with Gasteiger partial charge in [-0.05, 0) is 66.8 Å². The summed E-state index contributed by atoms with van der Waals surface area (Å²) in [4.78, 5) is 0. The van der Waals surface area contributed by atoms with E-state index in [0.29, 0.717) is 6.04 Å². The number of rotatable bonds is 2.